The second-order valence-corrected chi connectivity index (χ2v) is 7.72. The van der Waals surface area contributed by atoms with E-state index in [0.29, 0.717) is 11.3 Å². The first-order valence-corrected chi connectivity index (χ1v) is 8.57. The van der Waals surface area contributed by atoms with E-state index in [9.17, 15) is 13.2 Å². The van der Waals surface area contributed by atoms with Gasteiger partial charge in [0.2, 0.25) is 0 Å². The summed E-state index contributed by atoms with van der Waals surface area (Å²) in [6.45, 7) is 1.84. The number of hydrogen-bond acceptors (Lipinski definition) is 4. The molecule has 5 nitrogen and oxygen atoms in total. The lowest BCUT2D eigenvalue weighted by Gasteiger charge is -2.11. The first-order chi connectivity index (χ1) is 9.88. The number of rotatable bonds is 6. The largest absolute Gasteiger partial charge is 0.481 e. The topological polar surface area (TPSA) is 83.5 Å². The van der Waals surface area contributed by atoms with E-state index in [-0.39, 0.29) is 17.1 Å². The normalized spacial score (nSPS) is 11.3. The Morgan fingerprint density at radius 2 is 1.95 bits per heavy atom. The van der Waals surface area contributed by atoms with Crippen LogP contribution in [0.15, 0.2) is 40.6 Å². The number of carboxylic acid groups (broad SMARTS) is 1. The fraction of sp³-hybridized carbons (Fsp3) is 0.214. The summed E-state index contributed by atoms with van der Waals surface area (Å²) in [5.74, 6) is -0.915. The molecule has 0 radical (unpaired) electrons. The van der Waals surface area contributed by atoms with Crippen molar-refractivity contribution < 1.29 is 18.3 Å². The average Bonchev–Trinajstić information content (AvgIpc) is 2.85. The maximum atomic E-state index is 12.3. The van der Waals surface area contributed by atoms with E-state index >= 15 is 0 Å². The fourth-order valence-electron chi connectivity index (χ4n) is 1.83. The van der Waals surface area contributed by atoms with E-state index in [1.807, 2.05) is 6.92 Å². The molecule has 112 valence electrons. The number of benzene rings is 1. The summed E-state index contributed by atoms with van der Waals surface area (Å²) in [6.07, 6.45) is 0.231. The van der Waals surface area contributed by atoms with Crippen LogP contribution in [-0.4, -0.2) is 19.5 Å². The molecule has 7 heteroatoms. The van der Waals surface area contributed by atoms with Crippen molar-refractivity contribution >= 4 is 33.0 Å². The molecule has 0 bridgehead atoms. The molecule has 0 spiro atoms. The molecular weight excluding hydrogens is 310 g/mol. The van der Waals surface area contributed by atoms with E-state index in [0.717, 1.165) is 4.88 Å². The van der Waals surface area contributed by atoms with Crippen LogP contribution in [0.5, 0.6) is 0 Å². The number of anilines is 1. The van der Waals surface area contributed by atoms with Gasteiger partial charge in [-0.05, 0) is 37.1 Å². The van der Waals surface area contributed by atoms with Gasteiger partial charge in [0.15, 0.2) is 0 Å². The van der Waals surface area contributed by atoms with Crippen LogP contribution in [0.25, 0.3) is 0 Å². The number of carboxylic acids is 1. The Labute approximate surface area is 127 Å². The summed E-state index contributed by atoms with van der Waals surface area (Å²) in [7, 11) is -3.63. The first kappa shape index (κ1) is 15.5. The lowest BCUT2D eigenvalue weighted by Crippen LogP contribution is -2.13. The minimum absolute atomic E-state index is 0.0448. The average molecular weight is 325 g/mol. The molecule has 0 amide bonds. The third-order valence-corrected chi connectivity index (χ3v) is 5.71. The van der Waals surface area contributed by atoms with Gasteiger partial charge in [-0.1, -0.05) is 18.2 Å². The predicted molar refractivity (Wildman–Crippen MR) is 82.3 cm³/mol. The zero-order valence-corrected chi connectivity index (χ0v) is 13.0. The Morgan fingerprint density at radius 1 is 1.24 bits per heavy atom. The molecule has 1 heterocycles. The molecule has 1 aromatic carbocycles. The molecule has 0 aliphatic rings. The molecule has 0 fully saturated rings. The van der Waals surface area contributed by atoms with Crippen molar-refractivity contribution in [3.63, 3.8) is 0 Å². The molecule has 1 aromatic heterocycles. The van der Waals surface area contributed by atoms with Crippen LogP contribution in [0, 0.1) is 6.92 Å². The third-order valence-electron chi connectivity index (χ3n) is 2.85. The van der Waals surface area contributed by atoms with Gasteiger partial charge < -0.3 is 5.11 Å². The minimum Gasteiger partial charge on any atom is -0.481 e. The number of aliphatic carboxylic acids is 1. The molecule has 2 rings (SSSR count). The van der Waals surface area contributed by atoms with Gasteiger partial charge in [-0.25, -0.2) is 8.42 Å². The van der Waals surface area contributed by atoms with Gasteiger partial charge in [0.1, 0.15) is 4.21 Å². The number of thiophene rings is 1. The summed E-state index contributed by atoms with van der Waals surface area (Å²) in [4.78, 5) is 11.6. The highest BCUT2D eigenvalue weighted by Crippen LogP contribution is 2.25. The summed E-state index contributed by atoms with van der Waals surface area (Å²) in [5, 5.41) is 8.74. The lowest BCUT2D eigenvalue weighted by atomic mass is 10.1. The van der Waals surface area contributed by atoms with Crippen LogP contribution in [0.1, 0.15) is 16.9 Å². The smallest absolute Gasteiger partial charge is 0.303 e. The molecule has 0 aliphatic carbocycles. The van der Waals surface area contributed by atoms with Gasteiger partial charge >= 0.3 is 5.97 Å². The second kappa shape index (κ2) is 6.28. The van der Waals surface area contributed by atoms with Crippen LogP contribution < -0.4 is 4.72 Å². The number of hydrogen-bond donors (Lipinski definition) is 2. The quantitative estimate of drug-likeness (QED) is 0.855. The summed E-state index contributed by atoms with van der Waals surface area (Å²) in [5.41, 5.74) is 1.08. The van der Waals surface area contributed by atoms with Crippen LogP contribution in [-0.2, 0) is 21.2 Å². The standard InChI is InChI=1S/C14H15NO4S2/c1-10-6-9-14(20-10)21(18,19)15-12-5-3-2-4-11(12)7-8-13(16)17/h2-6,9,15H,7-8H2,1H3,(H,16,17). The minimum atomic E-state index is -3.63. The molecule has 0 unspecified atom stereocenters. The van der Waals surface area contributed by atoms with Gasteiger partial charge in [-0.2, -0.15) is 0 Å². The fourth-order valence-corrected chi connectivity index (χ4v) is 4.22. The Morgan fingerprint density at radius 3 is 2.57 bits per heavy atom. The van der Waals surface area contributed by atoms with Crippen LogP contribution in [0.3, 0.4) is 0 Å². The van der Waals surface area contributed by atoms with Crippen molar-refractivity contribution in [3.8, 4) is 0 Å². The lowest BCUT2D eigenvalue weighted by molar-refractivity contribution is -0.136. The molecule has 0 saturated heterocycles. The Hall–Kier alpha value is -1.86. The molecule has 0 atom stereocenters. The summed E-state index contributed by atoms with van der Waals surface area (Å²) >= 11 is 1.19. The number of para-hydroxylation sites is 1. The van der Waals surface area contributed by atoms with Crippen molar-refractivity contribution in [2.75, 3.05) is 4.72 Å². The number of nitrogens with one attached hydrogen (secondary N) is 1. The third kappa shape index (κ3) is 4.05. The highest BCUT2D eigenvalue weighted by Gasteiger charge is 2.17. The van der Waals surface area contributed by atoms with Gasteiger partial charge in [0.05, 0.1) is 5.69 Å². The van der Waals surface area contributed by atoms with E-state index in [1.165, 1.54) is 11.3 Å². The van der Waals surface area contributed by atoms with Crippen LogP contribution in [0.4, 0.5) is 5.69 Å². The van der Waals surface area contributed by atoms with E-state index in [1.54, 1.807) is 36.4 Å². The molecule has 0 saturated carbocycles. The van der Waals surface area contributed by atoms with E-state index < -0.39 is 16.0 Å². The van der Waals surface area contributed by atoms with Crippen molar-refractivity contribution in [1.82, 2.24) is 0 Å². The van der Waals surface area contributed by atoms with E-state index in [4.69, 9.17) is 5.11 Å². The highest BCUT2D eigenvalue weighted by atomic mass is 32.2. The molecule has 21 heavy (non-hydrogen) atoms. The summed E-state index contributed by atoms with van der Waals surface area (Å²) in [6, 6.07) is 10.1. The number of sulfonamides is 1. The SMILES string of the molecule is Cc1ccc(S(=O)(=O)Nc2ccccc2CCC(=O)O)s1. The Kier molecular flexibility index (Phi) is 4.64. The maximum absolute atomic E-state index is 12.3. The highest BCUT2D eigenvalue weighted by molar-refractivity contribution is 7.94. The van der Waals surface area contributed by atoms with Gasteiger partial charge in [0, 0.05) is 11.3 Å². The van der Waals surface area contributed by atoms with Gasteiger partial charge in [-0.3, -0.25) is 9.52 Å². The summed E-state index contributed by atoms with van der Waals surface area (Å²) < 4.78 is 27.3. The van der Waals surface area contributed by atoms with Gasteiger partial charge in [-0.15, -0.1) is 11.3 Å². The van der Waals surface area contributed by atoms with Crippen molar-refractivity contribution in [3.05, 3.63) is 46.8 Å². The van der Waals surface area contributed by atoms with Crippen molar-refractivity contribution in [2.45, 2.75) is 24.0 Å². The van der Waals surface area contributed by atoms with Gasteiger partial charge in [0.25, 0.3) is 10.0 Å². The van der Waals surface area contributed by atoms with Crippen molar-refractivity contribution in [1.29, 1.82) is 0 Å². The Balaban J connectivity index is 2.25. The molecule has 2 N–H and O–H groups in total. The van der Waals surface area contributed by atoms with Crippen LogP contribution in [0.2, 0.25) is 0 Å². The zero-order valence-electron chi connectivity index (χ0n) is 11.4. The zero-order chi connectivity index (χ0) is 15.5. The van der Waals surface area contributed by atoms with Crippen LogP contribution >= 0.6 is 11.3 Å². The first-order valence-electron chi connectivity index (χ1n) is 6.27. The molecular formula is C14H15NO4S2. The monoisotopic (exact) mass is 325 g/mol. The Bertz CT molecular complexity index is 750. The molecule has 2 aromatic rings. The van der Waals surface area contributed by atoms with E-state index in [2.05, 4.69) is 4.72 Å². The van der Waals surface area contributed by atoms with Crippen molar-refractivity contribution in [2.24, 2.45) is 0 Å². The maximum Gasteiger partial charge on any atom is 0.303 e. The number of aryl methyl sites for hydroxylation is 2. The predicted octanol–water partition coefficient (Wildman–Crippen LogP) is 2.87. The number of carbonyl (C=O) groups is 1. The molecule has 0 aliphatic heterocycles. The second-order valence-electron chi connectivity index (χ2n) is 4.52.